The van der Waals surface area contributed by atoms with Crippen LogP contribution in [0.1, 0.15) is 57.2 Å². The van der Waals surface area contributed by atoms with Gasteiger partial charge in [0.05, 0.1) is 10.6 Å². The zero-order chi connectivity index (χ0) is 24.3. The fourth-order valence-electron chi connectivity index (χ4n) is 3.14. The highest BCUT2D eigenvalue weighted by atomic mass is 35.5. The maximum absolute atomic E-state index is 12.6. The van der Waals surface area contributed by atoms with E-state index < -0.39 is 11.6 Å². The van der Waals surface area contributed by atoms with Crippen LogP contribution in [0.5, 0.6) is 0 Å². The first-order valence-corrected chi connectivity index (χ1v) is 11.4. The SMILES string of the molecule is CCC(C)C(=O)N1CCC(C)C1.CCc1ccc(F)cc1F.Cc1ccc(C#N)c(Cl)c1. The van der Waals surface area contributed by atoms with E-state index in [1.54, 1.807) is 12.1 Å². The molecule has 3 nitrogen and oxygen atoms in total. The van der Waals surface area contributed by atoms with E-state index in [9.17, 15) is 13.6 Å². The molecule has 3 rings (SSSR count). The number of nitriles is 1. The normalized spacial score (nSPS) is 15.6. The molecule has 0 N–H and O–H groups in total. The van der Waals surface area contributed by atoms with Gasteiger partial charge in [0.2, 0.25) is 5.91 Å². The number of rotatable bonds is 3. The van der Waals surface area contributed by atoms with Crippen LogP contribution in [0.25, 0.3) is 0 Å². The van der Waals surface area contributed by atoms with Crippen LogP contribution in [0.4, 0.5) is 8.78 Å². The molecule has 0 spiro atoms. The Bertz CT molecular complexity index is 927. The quantitative estimate of drug-likeness (QED) is 0.495. The molecule has 2 atom stereocenters. The fraction of sp³-hybridized carbons (Fsp3) is 0.462. The van der Waals surface area contributed by atoms with E-state index in [4.69, 9.17) is 16.9 Å². The second-order valence-corrected chi connectivity index (χ2v) is 8.58. The summed E-state index contributed by atoms with van der Waals surface area (Å²) in [4.78, 5) is 13.7. The summed E-state index contributed by atoms with van der Waals surface area (Å²) in [5, 5.41) is 9.00. The van der Waals surface area contributed by atoms with E-state index in [-0.39, 0.29) is 5.92 Å². The molecular formula is C26H33ClF2N2O. The molecule has 1 amide bonds. The minimum Gasteiger partial charge on any atom is -0.342 e. The lowest BCUT2D eigenvalue weighted by Gasteiger charge is -2.19. The Labute approximate surface area is 196 Å². The van der Waals surface area contributed by atoms with E-state index in [0.717, 1.165) is 31.1 Å². The first kappa shape index (κ1) is 27.6. The fourth-order valence-corrected chi connectivity index (χ4v) is 3.42. The van der Waals surface area contributed by atoms with Gasteiger partial charge in [0.1, 0.15) is 17.7 Å². The van der Waals surface area contributed by atoms with E-state index in [2.05, 4.69) is 13.8 Å². The Morgan fingerprint density at radius 2 is 1.94 bits per heavy atom. The van der Waals surface area contributed by atoms with E-state index >= 15 is 0 Å². The number of halogens is 3. The summed E-state index contributed by atoms with van der Waals surface area (Å²) in [6.07, 6.45) is 2.75. The third-order valence-electron chi connectivity index (χ3n) is 5.41. The van der Waals surface area contributed by atoms with Gasteiger partial charge in [-0.3, -0.25) is 4.79 Å². The van der Waals surface area contributed by atoms with Gasteiger partial charge in [-0.1, -0.05) is 51.4 Å². The molecule has 2 unspecified atom stereocenters. The molecule has 0 aromatic heterocycles. The molecule has 6 heteroatoms. The summed E-state index contributed by atoms with van der Waals surface area (Å²) >= 11 is 5.71. The molecule has 1 heterocycles. The molecular weight excluding hydrogens is 430 g/mol. The van der Waals surface area contributed by atoms with E-state index in [0.29, 0.717) is 34.4 Å². The van der Waals surface area contributed by atoms with Gasteiger partial charge in [-0.15, -0.1) is 0 Å². The zero-order valence-corrected chi connectivity index (χ0v) is 20.3. The Morgan fingerprint density at radius 1 is 1.25 bits per heavy atom. The van der Waals surface area contributed by atoms with Crippen molar-refractivity contribution in [2.45, 2.75) is 53.9 Å². The molecule has 0 radical (unpaired) electrons. The van der Waals surface area contributed by atoms with Crippen LogP contribution in [0, 0.1) is 41.7 Å². The average Bonchev–Trinajstić information content (AvgIpc) is 3.20. The topological polar surface area (TPSA) is 44.1 Å². The Balaban J connectivity index is 0.000000241. The van der Waals surface area contributed by atoms with Crippen molar-refractivity contribution in [3.63, 3.8) is 0 Å². The van der Waals surface area contributed by atoms with Crippen LogP contribution in [0.3, 0.4) is 0 Å². The van der Waals surface area contributed by atoms with Gasteiger partial charge < -0.3 is 4.90 Å². The van der Waals surface area contributed by atoms with Gasteiger partial charge in [-0.25, -0.2) is 8.78 Å². The number of hydrogen-bond acceptors (Lipinski definition) is 2. The lowest BCUT2D eigenvalue weighted by molar-refractivity contribution is -0.134. The lowest BCUT2D eigenvalue weighted by Crippen LogP contribution is -2.32. The molecule has 1 saturated heterocycles. The minimum absolute atomic E-state index is 0.218. The number of amides is 1. The van der Waals surface area contributed by atoms with Crippen LogP contribution in [-0.4, -0.2) is 23.9 Å². The van der Waals surface area contributed by atoms with Crippen LogP contribution in [0.2, 0.25) is 5.02 Å². The van der Waals surface area contributed by atoms with Gasteiger partial charge in [-0.2, -0.15) is 5.26 Å². The number of benzene rings is 2. The van der Waals surface area contributed by atoms with E-state index in [1.165, 1.54) is 18.6 Å². The van der Waals surface area contributed by atoms with Crippen molar-refractivity contribution in [3.05, 3.63) is 69.7 Å². The Kier molecular flexibility index (Phi) is 11.9. The molecule has 0 aliphatic carbocycles. The Morgan fingerprint density at radius 3 is 2.41 bits per heavy atom. The largest absolute Gasteiger partial charge is 0.342 e. The second kappa shape index (κ2) is 13.9. The number of likely N-dealkylation sites (tertiary alicyclic amines) is 1. The van der Waals surface area contributed by atoms with Crippen LogP contribution < -0.4 is 0 Å². The zero-order valence-electron chi connectivity index (χ0n) is 19.6. The van der Waals surface area contributed by atoms with Gasteiger partial charge in [0, 0.05) is 25.1 Å². The summed E-state index contributed by atoms with van der Waals surface area (Å²) in [5.41, 5.74) is 2.16. The van der Waals surface area contributed by atoms with Crippen LogP contribution >= 0.6 is 11.6 Å². The molecule has 0 bridgehead atoms. The monoisotopic (exact) mass is 462 g/mol. The summed E-state index contributed by atoms with van der Waals surface area (Å²) in [6, 6.07) is 11.0. The number of hydrogen-bond donors (Lipinski definition) is 0. The smallest absolute Gasteiger partial charge is 0.225 e. The van der Waals surface area contributed by atoms with E-state index in [1.807, 2.05) is 37.8 Å². The predicted molar refractivity (Wildman–Crippen MR) is 126 cm³/mol. The van der Waals surface area contributed by atoms with Crippen LogP contribution in [-0.2, 0) is 11.2 Å². The number of aryl methyl sites for hydroxylation is 2. The molecule has 2 aromatic carbocycles. The van der Waals surface area contributed by atoms with Crippen molar-refractivity contribution in [1.29, 1.82) is 5.26 Å². The summed E-state index contributed by atoms with van der Waals surface area (Å²) in [6.45, 7) is 12.0. The third-order valence-corrected chi connectivity index (χ3v) is 5.72. The molecule has 2 aromatic rings. The van der Waals surface area contributed by atoms with Crippen LogP contribution in [0.15, 0.2) is 36.4 Å². The van der Waals surface area contributed by atoms with Crippen molar-refractivity contribution in [2.24, 2.45) is 11.8 Å². The molecule has 1 aliphatic heterocycles. The van der Waals surface area contributed by atoms with Crippen molar-refractivity contribution in [1.82, 2.24) is 4.90 Å². The van der Waals surface area contributed by atoms with Gasteiger partial charge in [0.25, 0.3) is 0 Å². The third kappa shape index (κ3) is 8.96. The lowest BCUT2D eigenvalue weighted by atomic mass is 10.1. The first-order chi connectivity index (χ1) is 15.1. The first-order valence-electron chi connectivity index (χ1n) is 11.0. The molecule has 32 heavy (non-hydrogen) atoms. The summed E-state index contributed by atoms with van der Waals surface area (Å²) < 4.78 is 24.9. The molecule has 0 saturated carbocycles. The standard InChI is InChI=1S/C10H19NO.C8H6ClN.C8H8F2/c1-4-9(3)10(12)11-6-5-8(2)7-11;1-6-2-3-7(5-10)8(9)4-6;1-2-6-3-4-7(9)5-8(6)10/h8-9H,4-7H2,1-3H3;2-4H,1H3;3-5H,2H2,1H3. The predicted octanol–water partition coefficient (Wildman–Crippen LogP) is 6.95. The molecule has 174 valence electrons. The highest BCUT2D eigenvalue weighted by Crippen LogP contribution is 2.18. The summed E-state index contributed by atoms with van der Waals surface area (Å²) in [7, 11) is 0. The van der Waals surface area contributed by atoms with Crippen molar-refractivity contribution in [2.75, 3.05) is 13.1 Å². The Hall–Kier alpha value is -2.45. The minimum atomic E-state index is -0.519. The molecule has 1 fully saturated rings. The van der Waals surface area contributed by atoms with Gasteiger partial charge in [-0.05, 0) is 61.4 Å². The van der Waals surface area contributed by atoms with Gasteiger partial charge >= 0.3 is 0 Å². The maximum Gasteiger partial charge on any atom is 0.225 e. The van der Waals surface area contributed by atoms with Crippen molar-refractivity contribution in [3.8, 4) is 6.07 Å². The summed E-state index contributed by atoms with van der Waals surface area (Å²) in [5.74, 6) is 0.298. The van der Waals surface area contributed by atoms with Gasteiger partial charge in [0.15, 0.2) is 0 Å². The van der Waals surface area contributed by atoms with Crippen molar-refractivity contribution < 1.29 is 13.6 Å². The number of nitrogens with zero attached hydrogens (tertiary/aromatic N) is 2. The second-order valence-electron chi connectivity index (χ2n) is 8.17. The average molecular weight is 463 g/mol. The van der Waals surface area contributed by atoms with Crippen molar-refractivity contribution >= 4 is 17.5 Å². The maximum atomic E-state index is 12.6. The highest BCUT2D eigenvalue weighted by molar-refractivity contribution is 6.31. The highest BCUT2D eigenvalue weighted by Gasteiger charge is 2.25. The number of carbonyl (C=O) groups excluding carboxylic acids is 1. The molecule has 1 aliphatic rings. The number of carbonyl (C=O) groups is 1.